The summed E-state index contributed by atoms with van der Waals surface area (Å²) in [5, 5.41) is 14.1. The van der Waals surface area contributed by atoms with Gasteiger partial charge in [-0.25, -0.2) is 0 Å². The summed E-state index contributed by atoms with van der Waals surface area (Å²) in [6.45, 7) is 1.61. The average molecular weight is 275 g/mol. The standard InChI is InChI=1S/C14H17N3O3/c15-5-1-6-16-9-14(18)17-7-4-11-2-3-12-13(8-11)20-10-19-12/h2-3,8,16H,1,4,6-7,9-10H2,(H,17,18). The van der Waals surface area contributed by atoms with E-state index in [1.807, 2.05) is 24.3 Å². The second-order valence-corrected chi connectivity index (χ2v) is 4.37. The molecule has 0 saturated carbocycles. The Bertz CT molecular complexity index is 511. The average Bonchev–Trinajstić information content (AvgIpc) is 2.91. The summed E-state index contributed by atoms with van der Waals surface area (Å²) in [4.78, 5) is 11.5. The first-order valence-electron chi connectivity index (χ1n) is 6.52. The van der Waals surface area contributed by atoms with Crippen molar-refractivity contribution in [2.75, 3.05) is 26.4 Å². The molecule has 1 aliphatic rings. The fourth-order valence-corrected chi connectivity index (χ4v) is 1.85. The zero-order chi connectivity index (χ0) is 14.2. The van der Waals surface area contributed by atoms with Crippen molar-refractivity contribution in [2.45, 2.75) is 12.8 Å². The van der Waals surface area contributed by atoms with E-state index in [0.29, 0.717) is 19.5 Å². The molecule has 2 rings (SSSR count). The Labute approximate surface area is 117 Å². The minimum Gasteiger partial charge on any atom is -0.454 e. The summed E-state index contributed by atoms with van der Waals surface area (Å²) in [5.41, 5.74) is 1.09. The van der Waals surface area contributed by atoms with Crippen LogP contribution in [0.3, 0.4) is 0 Å². The van der Waals surface area contributed by atoms with E-state index < -0.39 is 0 Å². The van der Waals surface area contributed by atoms with Crippen molar-refractivity contribution >= 4 is 5.91 Å². The van der Waals surface area contributed by atoms with Gasteiger partial charge in [-0.15, -0.1) is 0 Å². The van der Waals surface area contributed by atoms with Gasteiger partial charge in [0.2, 0.25) is 12.7 Å². The molecule has 1 amide bonds. The lowest BCUT2D eigenvalue weighted by Gasteiger charge is -2.06. The second kappa shape index (κ2) is 7.36. The minimum atomic E-state index is -0.0660. The van der Waals surface area contributed by atoms with Gasteiger partial charge in [-0.2, -0.15) is 5.26 Å². The maximum atomic E-state index is 11.5. The van der Waals surface area contributed by atoms with Crippen LogP contribution in [0.25, 0.3) is 0 Å². The van der Waals surface area contributed by atoms with E-state index in [1.54, 1.807) is 0 Å². The largest absolute Gasteiger partial charge is 0.454 e. The molecule has 6 nitrogen and oxygen atoms in total. The van der Waals surface area contributed by atoms with Crippen molar-refractivity contribution in [1.82, 2.24) is 10.6 Å². The Kier molecular flexibility index (Phi) is 5.21. The topological polar surface area (TPSA) is 83.4 Å². The summed E-state index contributed by atoms with van der Waals surface area (Å²) in [6, 6.07) is 7.78. The van der Waals surface area contributed by atoms with Gasteiger partial charge in [-0.3, -0.25) is 4.79 Å². The quantitative estimate of drug-likeness (QED) is 0.711. The van der Waals surface area contributed by atoms with E-state index in [2.05, 4.69) is 10.6 Å². The molecule has 0 unspecified atom stereocenters. The SMILES string of the molecule is N#CCCNCC(=O)NCCc1ccc2c(c1)OCO2. The number of rotatable bonds is 7. The van der Waals surface area contributed by atoms with Gasteiger partial charge in [-0.1, -0.05) is 6.07 Å². The first-order valence-corrected chi connectivity index (χ1v) is 6.52. The molecule has 1 heterocycles. The molecular formula is C14H17N3O3. The molecule has 6 heteroatoms. The highest BCUT2D eigenvalue weighted by Crippen LogP contribution is 2.32. The highest BCUT2D eigenvalue weighted by Gasteiger charge is 2.12. The summed E-state index contributed by atoms with van der Waals surface area (Å²) in [5.74, 6) is 1.45. The third kappa shape index (κ3) is 4.14. The molecule has 2 N–H and O–H groups in total. The van der Waals surface area contributed by atoms with Crippen molar-refractivity contribution in [1.29, 1.82) is 5.26 Å². The Morgan fingerprint density at radius 1 is 1.30 bits per heavy atom. The fraction of sp³-hybridized carbons (Fsp3) is 0.429. The maximum Gasteiger partial charge on any atom is 0.233 e. The summed E-state index contributed by atoms with van der Waals surface area (Å²) < 4.78 is 10.5. The van der Waals surface area contributed by atoms with E-state index in [4.69, 9.17) is 14.7 Å². The molecule has 20 heavy (non-hydrogen) atoms. The molecule has 0 aromatic heterocycles. The molecule has 0 bridgehead atoms. The van der Waals surface area contributed by atoms with Gasteiger partial charge in [0.05, 0.1) is 12.6 Å². The molecule has 0 atom stereocenters. The highest BCUT2D eigenvalue weighted by molar-refractivity contribution is 5.77. The molecular weight excluding hydrogens is 258 g/mol. The van der Waals surface area contributed by atoms with Gasteiger partial charge >= 0.3 is 0 Å². The third-order valence-electron chi connectivity index (χ3n) is 2.87. The number of carbonyl (C=O) groups is 1. The van der Waals surface area contributed by atoms with Crippen LogP contribution in [-0.2, 0) is 11.2 Å². The summed E-state index contributed by atoms with van der Waals surface area (Å²) in [7, 11) is 0. The zero-order valence-corrected chi connectivity index (χ0v) is 11.1. The van der Waals surface area contributed by atoms with Gasteiger partial charge in [-0.05, 0) is 24.1 Å². The molecule has 106 valence electrons. The summed E-state index contributed by atoms with van der Waals surface area (Å²) in [6.07, 6.45) is 1.14. The van der Waals surface area contributed by atoms with Gasteiger partial charge in [0.15, 0.2) is 11.5 Å². The van der Waals surface area contributed by atoms with Crippen molar-refractivity contribution in [3.05, 3.63) is 23.8 Å². The van der Waals surface area contributed by atoms with Crippen LogP contribution in [0.5, 0.6) is 11.5 Å². The van der Waals surface area contributed by atoms with E-state index in [1.165, 1.54) is 0 Å². The van der Waals surface area contributed by atoms with Gasteiger partial charge in [0.25, 0.3) is 0 Å². The van der Waals surface area contributed by atoms with Crippen LogP contribution < -0.4 is 20.1 Å². The number of nitrogens with one attached hydrogen (secondary N) is 2. The van der Waals surface area contributed by atoms with Gasteiger partial charge < -0.3 is 20.1 Å². The lowest BCUT2D eigenvalue weighted by atomic mass is 10.1. The first-order chi connectivity index (χ1) is 9.79. The van der Waals surface area contributed by atoms with Crippen LogP contribution in [0, 0.1) is 11.3 Å². The Hall–Kier alpha value is -2.26. The molecule has 0 radical (unpaired) electrons. The number of carbonyl (C=O) groups excluding carboxylic acids is 1. The number of nitriles is 1. The van der Waals surface area contributed by atoms with E-state index >= 15 is 0 Å². The monoisotopic (exact) mass is 275 g/mol. The number of ether oxygens (including phenoxy) is 2. The van der Waals surface area contributed by atoms with Crippen molar-refractivity contribution in [2.24, 2.45) is 0 Å². The highest BCUT2D eigenvalue weighted by atomic mass is 16.7. The number of hydrogen-bond acceptors (Lipinski definition) is 5. The third-order valence-corrected chi connectivity index (χ3v) is 2.87. The van der Waals surface area contributed by atoms with Crippen molar-refractivity contribution in [3.8, 4) is 17.6 Å². The van der Waals surface area contributed by atoms with Crippen LogP contribution in [0.15, 0.2) is 18.2 Å². The van der Waals surface area contributed by atoms with Crippen LogP contribution in [0.1, 0.15) is 12.0 Å². The maximum absolute atomic E-state index is 11.5. The van der Waals surface area contributed by atoms with Crippen molar-refractivity contribution in [3.63, 3.8) is 0 Å². The first kappa shape index (κ1) is 14.2. The number of fused-ring (bicyclic) bond motifs is 1. The predicted octanol–water partition coefficient (Wildman–Crippen LogP) is 0.577. The number of hydrogen-bond donors (Lipinski definition) is 2. The van der Waals surface area contributed by atoms with Crippen LogP contribution in [0.2, 0.25) is 0 Å². The zero-order valence-electron chi connectivity index (χ0n) is 11.1. The number of nitrogens with zero attached hydrogens (tertiary/aromatic N) is 1. The molecule has 0 spiro atoms. The van der Waals surface area contributed by atoms with Gasteiger partial charge in [0.1, 0.15) is 0 Å². The lowest BCUT2D eigenvalue weighted by molar-refractivity contribution is -0.120. The molecule has 1 aromatic rings. The van der Waals surface area contributed by atoms with E-state index in [9.17, 15) is 4.79 Å². The molecule has 1 aliphatic heterocycles. The predicted molar refractivity (Wildman–Crippen MR) is 72.4 cm³/mol. The van der Waals surface area contributed by atoms with E-state index in [-0.39, 0.29) is 19.2 Å². The Morgan fingerprint density at radius 3 is 3.00 bits per heavy atom. The normalized spacial score (nSPS) is 11.9. The van der Waals surface area contributed by atoms with Crippen LogP contribution >= 0.6 is 0 Å². The smallest absolute Gasteiger partial charge is 0.233 e. The fourth-order valence-electron chi connectivity index (χ4n) is 1.85. The summed E-state index contributed by atoms with van der Waals surface area (Å²) >= 11 is 0. The van der Waals surface area contributed by atoms with Crippen LogP contribution in [0.4, 0.5) is 0 Å². The lowest BCUT2D eigenvalue weighted by Crippen LogP contribution is -2.35. The minimum absolute atomic E-state index is 0.0660. The van der Waals surface area contributed by atoms with Crippen LogP contribution in [-0.4, -0.2) is 32.3 Å². The Morgan fingerprint density at radius 2 is 2.15 bits per heavy atom. The molecule has 0 aliphatic carbocycles. The van der Waals surface area contributed by atoms with Crippen molar-refractivity contribution < 1.29 is 14.3 Å². The number of amides is 1. The molecule has 0 saturated heterocycles. The molecule has 1 aromatic carbocycles. The van der Waals surface area contributed by atoms with Gasteiger partial charge in [0, 0.05) is 19.5 Å². The molecule has 0 fully saturated rings. The second-order valence-electron chi connectivity index (χ2n) is 4.37. The number of benzene rings is 1. The van der Waals surface area contributed by atoms with E-state index in [0.717, 1.165) is 23.5 Å². The Balaban J connectivity index is 1.65.